The molecule has 1 saturated heterocycles. The van der Waals surface area contributed by atoms with Gasteiger partial charge in [-0.15, -0.1) is 0 Å². The minimum atomic E-state index is 0.904. The van der Waals surface area contributed by atoms with Crippen molar-refractivity contribution >= 4 is 0 Å². The molecule has 2 aliphatic carbocycles. The Kier molecular flexibility index (Phi) is 3.95. The zero-order valence-electron chi connectivity index (χ0n) is 12.2. The molecule has 0 aromatic carbocycles. The Labute approximate surface area is 113 Å². The van der Waals surface area contributed by atoms with Crippen molar-refractivity contribution in [2.24, 2.45) is 17.8 Å². The van der Waals surface area contributed by atoms with E-state index in [1.54, 1.807) is 0 Å². The van der Waals surface area contributed by atoms with Crippen LogP contribution < -0.4 is 5.32 Å². The lowest BCUT2D eigenvalue weighted by molar-refractivity contribution is 0.0346. The van der Waals surface area contributed by atoms with Crippen molar-refractivity contribution in [1.82, 2.24) is 10.2 Å². The molecule has 0 radical (unpaired) electrons. The maximum Gasteiger partial charge on any atom is 0.0104 e. The van der Waals surface area contributed by atoms with Crippen molar-refractivity contribution < 1.29 is 0 Å². The van der Waals surface area contributed by atoms with Crippen LogP contribution in [0.5, 0.6) is 0 Å². The van der Waals surface area contributed by atoms with Crippen LogP contribution in [0.15, 0.2) is 0 Å². The lowest BCUT2D eigenvalue weighted by Crippen LogP contribution is -2.49. The van der Waals surface area contributed by atoms with Crippen molar-refractivity contribution in [2.75, 3.05) is 19.6 Å². The van der Waals surface area contributed by atoms with Gasteiger partial charge in [0.05, 0.1) is 0 Å². The fourth-order valence-corrected chi connectivity index (χ4v) is 3.81. The Bertz CT molecular complexity index is 260. The average molecular weight is 250 g/mol. The smallest absolute Gasteiger partial charge is 0.0104 e. The monoisotopic (exact) mass is 250 g/mol. The summed E-state index contributed by atoms with van der Waals surface area (Å²) < 4.78 is 0. The highest BCUT2D eigenvalue weighted by molar-refractivity contribution is 4.96. The molecule has 104 valence electrons. The maximum atomic E-state index is 3.49. The second-order valence-corrected chi connectivity index (χ2v) is 7.25. The van der Waals surface area contributed by atoms with Gasteiger partial charge in [-0.25, -0.2) is 0 Å². The highest BCUT2D eigenvalue weighted by atomic mass is 15.2. The van der Waals surface area contributed by atoms with Gasteiger partial charge < -0.3 is 5.32 Å². The van der Waals surface area contributed by atoms with Gasteiger partial charge in [0.2, 0.25) is 0 Å². The number of nitrogens with one attached hydrogen (secondary N) is 1. The third-order valence-electron chi connectivity index (χ3n) is 5.51. The molecule has 3 aliphatic rings. The molecule has 0 aromatic heterocycles. The van der Waals surface area contributed by atoms with E-state index in [2.05, 4.69) is 24.1 Å². The molecular weight excluding hydrogens is 220 g/mol. The average Bonchev–Trinajstić information content (AvgIpc) is 3.10. The molecule has 1 heterocycles. The van der Waals surface area contributed by atoms with Crippen LogP contribution in [0, 0.1) is 17.8 Å². The number of piperidine rings is 1. The van der Waals surface area contributed by atoms with Gasteiger partial charge in [-0.2, -0.15) is 0 Å². The summed E-state index contributed by atoms with van der Waals surface area (Å²) in [4.78, 5) is 2.91. The molecule has 2 nitrogen and oxygen atoms in total. The van der Waals surface area contributed by atoms with Gasteiger partial charge in [-0.1, -0.05) is 13.8 Å². The van der Waals surface area contributed by atoms with Crippen molar-refractivity contribution in [3.8, 4) is 0 Å². The minimum absolute atomic E-state index is 0.904. The first-order valence-electron chi connectivity index (χ1n) is 8.20. The molecule has 18 heavy (non-hydrogen) atoms. The van der Waals surface area contributed by atoms with Crippen LogP contribution in [0.3, 0.4) is 0 Å². The predicted octanol–water partition coefficient (Wildman–Crippen LogP) is 2.89. The molecule has 3 fully saturated rings. The molecule has 0 bridgehead atoms. The molecule has 3 rings (SSSR count). The highest BCUT2D eigenvalue weighted by Crippen LogP contribution is 2.42. The molecule has 0 unspecified atom stereocenters. The quantitative estimate of drug-likeness (QED) is 0.807. The van der Waals surface area contributed by atoms with Gasteiger partial charge in [0, 0.05) is 18.6 Å². The van der Waals surface area contributed by atoms with Crippen LogP contribution >= 0.6 is 0 Å². The van der Waals surface area contributed by atoms with Gasteiger partial charge in [-0.3, -0.25) is 4.90 Å². The van der Waals surface area contributed by atoms with Crippen molar-refractivity contribution in [2.45, 2.75) is 64.5 Å². The molecule has 0 atom stereocenters. The Morgan fingerprint density at radius 2 is 1.67 bits per heavy atom. The third-order valence-corrected chi connectivity index (χ3v) is 5.51. The lowest BCUT2D eigenvalue weighted by atomic mass is 9.72. The van der Waals surface area contributed by atoms with Crippen LogP contribution in [0.2, 0.25) is 0 Å². The first-order valence-corrected chi connectivity index (χ1v) is 8.20. The van der Waals surface area contributed by atoms with E-state index in [0.29, 0.717) is 0 Å². The fourth-order valence-electron chi connectivity index (χ4n) is 3.81. The normalized spacial score (nSPS) is 34.0. The van der Waals surface area contributed by atoms with Gasteiger partial charge in [0.15, 0.2) is 0 Å². The van der Waals surface area contributed by atoms with E-state index in [4.69, 9.17) is 0 Å². The predicted molar refractivity (Wildman–Crippen MR) is 76.7 cm³/mol. The van der Waals surface area contributed by atoms with E-state index in [1.165, 1.54) is 58.2 Å². The molecule has 0 spiro atoms. The Hall–Kier alpha value is -0.0800. The van der Waals surface area contributed by atoms with Gasteiger partial charge in [0.1, 0.15) is 0 Å². The Morgan fingerprint density at radius 1 is 1.00 bits per heavy atom. The zero-order valence-corrected chi connectivity index (χ0v) is 12.2. The van der Waals surface area contributed by atoms with Crippen molar-refractivity contribution in [1.29, 1.82) is 0 Å². The van der Waals surface area contributed by atoms with Crippen molar-refractivity contribution in [3.63, 3.8) is 0 Å². The molecule has 1 aliphatic heterocycles. The van der Waals surface area contributed by atoms with Crippen molar-refractivity contribution in [3.05, 3.63) is 0 Å². The van der Waals surface area contributed by atoms with E-state index in [9.17, 15) is 0 Å². The second-order valence-electron chi connectivity index (χ2n) is 7.25. The SMILES string of the molecule is CC(C)C1CC(N(CC2CCNCC2)C2CC2)C1. The van der Waals surface area contributed by atoms with E-state index in [0.717, 1.165) is 29.8 Å². The summed E-state index contributed by atoms with van der Waals surface area (Å²) in [5.41, 5.74) is 0. The minimum Gasteiger partial charge on any atom is -0.317 e. The summed E-state index contributed by atoms with van der Waals surface area (Å²) in [5.74, 6) is 2.90. The van der Waals surface area contributed by atoms with Crippen LogP contribution in [0.4, 0.5) is 0 Å². The molecule has 1 N–H and O–H groups in total. The molecule has 2 heteroatoms. The van der Waals surface area contributed by atoms with Gasteiger partial charge >= 0.3 is 0 Å². The Balaban J connectivity index is 1.50. The van der Waals surface area contributed by atoms with Crippen LogP contribution in [-0.4, -0.2) is 36.6 Å². The van der Waals surface area contributed by atoms with Crippen LogP contribution in [0.25, 0.3) is 0 Å². The van der Waals surface area contributed by atoms with Gasteiger partial charge in [-0.05, 0) is 69.4 Å². The summed E-state index contributed by atoms with van der Waals surface area (Å²) in [7, 11) is 0. The van der Waals surface area contributed by atoms with Gasteiger partial charge in [0.25, 0.3) is 0 Å². The summed E-state index contributed by atoms with van der Waals surface area (Å²) in [6.07, 6.45) is 8.74. The first-order chi connectivity index (χ1) is 8.74. The molecular formula is C16H30N2. The molecule has 2 saturated carbocycles. The van der Waals surface area contributed by atoms with E-state index < -0.39 is 0 Å². The number of rotatable bonds is 5. The second kappa shape index (κ2) is 5.50. The third kappa shape index (κ3) is 2.91. The van der Waals surface area contributed by atoms with E-state index in [-0.39, 0.29) is 0 Å². The first kappa shape index (κ1) is 12.9. The zero-order chi connectivity index (χ0) is 12.5. The number of hydrogen-bond donors (Lipinski definition) is 1. The number of nitrogens with zero attached hydrogens (tertiary/aromatic N) is 1. The fraction of sp³-hybridized carbons (Fsp3) is 1.00. The largest absolute Gasteiger partial charge is 0.317 e. The van der Waals surface area contributed by atoms with E-state index >= 15 is 0 Å². The topological polar surface area (TPSA) is 15.3 Å². The summed E-state index contributed by atoms with van der Waals surface area (Å²) in [6.45, 7) is 8.71. The van der Waals surface area contributed by atoms with Crippen LogP contribution in [0.1, 0.15) is 52.4 Å². The molecule has 0 amide bonds. The lowest BCUT2D eigenvalue weighted by Gasteiger charge is -2.46. The number of hydrogen-bond acceptors (Lipinski definition) is 2. The standard InChI is InChI=1S/C16H30N2/c1-12(2)14-9-16(10-14)18(15-3-4-15)11-13-5-7-17-8-6-13/h12-17H,3-11H2,1-2H3. The maximum absolute atomic E-state index is 3.49. The Morgan fingerprint density at radius 3 is 2.22 bits per heavy atom. The summed E-state index contributed by atoms with van der Waals surface area (Å²) in [6, 6.07) is 1.91. The van der Waals surface area contributed by atoms with E-state index in [1.807, 2.05) is 0 Å². The highest BCUT2D eigenvalue weighted by Gasteiger charge is 2.41. The van der Waals surface area contributed by atoms with Crippen LogP contribution in [-0.2, 0) is 0 Å². The summed E-state index contributed by atoms with van der Waals surface area (Å²) >= 11 is 0. The molecule has 0 aromatic rings. The summed E-state index contributed by atoms with van der Waals surface area (Å²) in [5, 5.41) is 3.49.